The smallest absolute Gasteiger partial charge is 0.278 e. The average molecular weight is 256 g/mol. The van der Waals surface area contributed by atoms with E-state index in [2.05, 4.69) is 30.3 Å². The molecule has 19 heavy (non-hydrogen) atoms. The zero-order valence-electron chi connectivity index (χ0n) is 9.89. The SMILES string of the molecule is COc1ccc(-c2nc(-c3cnccn3)no2)nn1. The van der Waals surface area contributed by atoms with Crippen LogP contribution in [0.3, 0.4) is 0 Å². The van der Waals surface area contributed by atoms with E-state index in [9.17, 15) is 0 Å². The van der Waals surface area contributed by atoms with Gasteiger partial charge in [0.15, 0.2) is 5.69 Å². The Hall–Kier alpha value is -2.90. The van der Waals surface area contributed by atoms with E-state index in [0.717, 1.165) is 0 Å². The molecule has 3 aromatic heterocycles. The normalized spacial score (nSPS) is 10.4. The molecule has 0 N–H and O–H groups in total. The molecule has 0 aliphatic rings. The van der Waals surface area contributed by atoms with Crippen molar-refractivity contribution >= 4 is 0 Å². The molecule has 0 bridgehead atoms. The Labute approximate surface area is 107 Å². The molecule has 0 aliphatic heterocycles. The van der Waals surface area contributed by atoms with Gasteiger partial charge in [0, 0.05) is 18.5 Å². The highest BCUT2D eigenvalue weighted by atomic mass is 16.5. The molecule has 0 unspecified atom stereocenters. The highest BCUT2D eigenvalue weighted by Crippen LogP contribution is 2.19. The lowest BCUT2D eigenvalue weighted by molar-refractivity contribution is 0.391. The van der Waals surface area contributed by atoms with Gasteiger partial charge < -0.3 is 9.26 Å². The zero-order chi connectivity index (χ0) is 13.1. The molecule has 0 aliphatic carbocycles. The van der Waals surface area contributed by atoms with Gasteiger partial charge in [0.1, 0.15) is 5.69 Å². The number of nitrogens with zero attached hydrogens (tertiary/aromatic N) is 6. The fourth-order valence-electron chi connectivity index (χ4n) is 1.39. The minimum atomic E-state index is 0.260. The van der Waals surface area contributed by atoms with E-state index in [4.69, 9.17) is 9.26 Å². The minimum absolute atomic E-state index is 0.260. The summed E-state index contributed by atoms with van der Waals surface area (Å²) in [4.78, 5) is 12.2. The predicted octanol–water partition coefficient (Wildman–Crippen LogP) is 0.992. The van der Waals surface area contributed by atoms with Crippen molar-refractivity contribution in [2.24, 2.45) is 0 Å². The second-order valence-corrected chi connectivity index (χ2v) is 3.47. The fraction of sp³-hybridized carbons (Fsp3) is 0.0909. The highest BCUT2D eigenvalue weighted by Gasteiger charge is 2.13. The average Bonchev–Trinajstić information content (AvgIpc) is 2.98. The van der Waals surface area contributed by atoms with Crippen molar-refractivity contribution in [2.75, 3.05) is 7.11 Å². The van der Waals surface area contributed by atoms with Gasteiger partial charge in [0.05, 0.1) is 13.3 Å². The lowest BCUT2D eigenvalue weighted by Gasteiger charge is -1.96. The van der Waals surface area contributed by atoms with Crippen molar-refractivity contribution < 1.29 is 9.26 Å². The predicted molar refractivity (Wildman–Crippen MR) is 62.9 cm³/mol. The number of aromatic nitrogens is 6. The number of rotatable bonds is 3. The van der Waals surface area contributed by atoms with Crippen LogP contribution in [0.4, 0.5) is 0 Å². The van der Waals surface area contributed by atoms with Gasteiger partial charge in [0.25, 0.3) is 5.89 Å². The first-order valence-electron chi connectivity index (χ1n) is 5.35. The van der Waals surface area contributed by atoms with E-state index in [1.807, 2.05) is 0 Å². The van der Waals surface area contributed by atoms with Crippen molar-refractivity contribution in [3.05, 3.63) is 30.7 Å². The van der Waals surface area contributed by atoms with Crippen molar-refractivity contribution in [2.45, 2.75) is 0 Å². The molecule has 0 fully saturated rings. The summed E-state index contributed by atoms with van der Waals surface area (Å²) in [7, 11) is 1.52. The third-order valence-electron chi connectivity index (χ3n) is 2.29. The lowest BCUT2D eigenvalue weighted by Crippen LogP contribution is -1.92. The molecule has 0 atom stereocenters. The van der Waals surface area contributed by atoms with Crippen LogP contribution in [0, 0.1) is 0 Å². The number of hydrogen-bond donors (Lipinski definition) is 0. The molecule has 0 amide bonds. The van der Waals surface area contributed by atoms with E-state index < -0.39 is 0 Å². The Morgan fingerprint density at radius 2 is 2.05 bits per heavy atom. The molecule has 0 radical (unpaired) electrons. The monoisotopic (exact) mass is 256 g/mol. The maximum absolute atomic E-state index is 5.11. The van der Waals surface area contributed by atoms with Crippen LogP contribution in [-0.4, -0.2) is 37.4 Å². The summed E-state index contributed by atoms with van der Waals surface area (Å²) in [6, 6.07) is 3.34. The van der Waals surface area contributed by atoms with Crippen LogP contribution in [-0.2, 0) is 0 Å². The van der Waals surface area contributed by atoms with Gasteiger partial charge in [-0.25, -0.2) is 4.98 Å². The van der Waals surface area contributed by atoms with Crippen molar-refractivity contribution in [3.63, 3.8) is 0 Å². The molecule has 0 spiro atoms. The molecule has 3 rings (SSSR count). The number of ether oxygens (including phenoxy) is 1. The van der Waals surface area contributed by atoms with Crippen LogP contribution in [0.1, 0.15) is 0 Å². The Kier molecular flexibility index (Phi) is 2.81. The molecule has 0 saturated heterocycles. The van der Waals surface area contributed by atoms with Crippen molar-refractivity contribution in [1.82, 2.24) is 30.3 Å². The zero-order valence-corrected chi connectivity index (χ0v) is 9.89. The van der Waals surface area contributed by atoms with E-state index in [-0.39, 0.29) is 5.89 Å². The van der Waals surface area contributed by atoms with Gasteiger partial charge >= 0.3 is 0 Å². The van der Waals surface area contributed by atoms with E-state index in [0.29, 0.717) is 23.1 Å². The van der Waals surface area contributed by atoms with Crippen LogP contribution in [0.2, 0.25) is 0 Å². The van der Waals surface area contributed by atoms with E-state index >= 15 is 0 Å². The third kappa shape index (κ3) is 2.23. The Morgan fingerprint density at radius 1 is 1.11 bits per heavy atom. The Bertz CT molecular complexity index is 667. The summed E-state index contributed by atoms with van der Waals surface area (Å²) in [5.41, 5.74) is 0.988. The first-order chi connectivity index (χ1) is 9.36. The first kappa shape index (κ1) is 11.2. The molecular weight excluding hydrogens is 248 g/mol. The van der Waals surface area contributed by atoms with Gasteiger partial charge in [-0.3, -0.25) is 4.98 Å². The van der Waals surface area contributed by atoms with Crippen molar-refractivity contribution in [1.29, 1.82) is 0 Å². The highest BCUT2D eigenvalue weighted by molar-refractivity contribution is 5.52. The van der Waals surface area contributed by atoms with Crippen LogP contribution in [0.25, 0.3) is 23.1 Å². The topological polar surface area (TPSA) is 99.7 Å². The number of methoxy groups -OCH3 is 1. The second kappa shape index (κ2) is 4.77. The van der Waals surface area contributed by atoms with Gasteiger partial charge in [-0.05, 0) is 6.07 Å². The maximum Gasteiger partial charge on any atom is 0.278 e. The Balaban J connectivity index is 1.92. The Morgan fingerprint density at radius 3 is 2.74 bits per heavy atom. The molecule has 0 aromatic carbocycles. The molecule has 94 valence electrons. The van der Waals surface area contributed by atoms with Gasteiger partial charge in [0.2, 0.25) is 11.7 Å². The van der Waals surface area contributed by atoms with Crippen LogP contribution < -0.4 is 4.74 Å². The number of hydrogen-bond acceptors (Lipinski definition) is 8. The molecular formula is C11H8N6O2. The summed E-state index contributed by atoms with van der Waals surface area (Å²) in [6.07, 6.45) is 4.67. The molecule has 3 heterocycles. The molecule has 8 heteroatoms. The van der Waals surface area contributed by atoms with Crippen LogP contribution >= 0.6 is 0 Å². The molecule has 0 saturated carbocycles. The maximum atomic E-state index is 5.11. The first-order valence-corrected chi connectivity index (χ1v) is 5.35. The van der Waals surface area contributed by atoms with Gasteiger partial charge in [-0.2, -0.15) is 4.98 Å². The summed E-state index contributed by atoms with van der Waals surface area (Å²) in [5, 5.41) is 11.6. The lowest BCUT2D eigenvalue weighted by atomic mass is 10.4. The summed E-state index contributed by atoms with van der Waals surface area (Å²) >= 11 is 0. The minimum Gasteiger partial charge on any atom is -0.480 e. The fourth-order valence-corrected chi connectivity index (χ4v) is 1.39. The largest absolute Gasteiger partial charge is 0.480 e. The van der Waals surface area contributed by atoms with E-state index in [1.165, 1.54) is 7.11 Å². The van der Waals surface area contributed by atoms with Gasteiger partial charge in [-0.15, -0.1) is 10.2 Å². The van der Waals surface area contributed by atoms with Crippen molar-refractivity contribution in [3.8, 4) is 29.0 Å². The summed E-state index contributed by atoms with van der Waals surface area (Å²) in [6.45, 7) is 0. The summed E-state index contributed by atoms with van der Waals surface area (Å²) < 4.78 is 10.0. The van der Waals surface area contributed by atoms with Crippen LogP contribution in [0.5, 0.6) is 5.88 Å². The standard InChI is InChI=1S/C11H8N6O2/c1-18-9-3-2-7(15-16-9)11-14-10(17-19-11)8-6-12-4-5-13-8/h2-6H,1H3. The van der Waals surface area contributed by atoms with Crippen LogP contribution in [0.15, 0.2) is 35.2 Å². The quantitative estimate of drug-likeness (QED) is 0.684. The molecule has 8 nitrogen and oxygen atoms in total. The summed E-state index contributed by atoms with van der Waals surface area (Å²) in [5.74, 6) is 1.02. The van der Waals surface area contributed by atoms with E-state index in [1.54, 1.807) is 30.7 Å². The van der Waals surface area contributed by atoms with Gasteiger partial charge in [-0.1, -0.05) is 5.16 Å². The molecule has 3 aromatic rings. The third-order valence-corrected chi connectivity index (χ3v) is 2.29. The second-order valence-electron chi connectivity index (χ2n) is 3.47.